The molecule has 0 unspecified atom stereocenters. The van der Waals surface area contributed by atoms with Crippen molar-refractivity contribution in [3.05, 3.63) is 154 Å². The van der Waals surface area contributed by atoms with Crippen molar-refractivity contribution in [2.45, 2.75) is 19.3 Å². The van der Waals surface area contributed by atoms with E-state index in [9.17, 15) is 9.59 Å². The Morgan fingerprint density at radius 2 is 1.27 bits per heavy atom. The van der Waals surface area contributed by atoms with Crippen molar-refractivity contribution in [1.82, 2.24) is 8.75 Å². The number of benzene rings is 5. The number of nitrogens with zero attached hydrogens (tertiary/aromatic N) is 3. The minimum atomic E-state index is -0.224. The SMILES string of the molecule is CC1(C)c2ccccc2N(c2ccccc2)c2ccc(-c3ccc(-c4ccc(C=C5C(=O)c6ccccc6C5=O)s4)c4nsnc34)cc21. The number of fused-ring (bicyclic) bond motifs is 4. The van der Waals surface area contributed by atoms with Gasteiger partial charge in [-0.1, -0.05) is 92.7 Å². The quantitative estimate of drug-likeness (QED) is 0.139. The molecule has 2 aliphatic rings. The van der Waals surface area contributed by atoms with Crippen molar-refractivity contribution in [1.29, 1.82) is 0 Å². The fourth-order valence-electron chi connectivity index (χ4n) is 7.15. The molecule has 0 bridgehead atoms. The minimum absolute atomic E-state index is 0.212. The molecule has 1 aliphatic heterocycles. The van der Waals surface area contributed by atoms with Crippen molar-refractivity contribution in [3.8, 4) is 21.6 Å². The molecule has 230 valence electrons. The number of thiophene rings is 1. The van der Waals surface area contributed by atoms with Crippen LogP contribution in [-0.2, 0) is 5.41 Å². The van der Waals surface area contributed by atoms with Crippen LogP contribution in [0, 0.1) is 0 Å². The fraction of sp³-hybridized carbons (Fsp3) is 0.0732. The summed E-state index contributed by atoms with van der Waals surface area (Å²) in [6, 6.07) is 41.2. The second-order valence-electron chi connectivity index (χ2n) is 12.6. The minimum Gasteiger partial charge on any atom is -0.310 e. The van der Waals surface area contributed by atoms with E-state index in [0.717, 1.165) is 43.2 Å². The number of hydrogen-bond acceptors (Lipinski definition) is 7. The maximum absolute atomic E-state index is 13.0. The Hall–Kier alpha value is -5.50. The van der Waals surface area contributed by atoms with Gasteiger partial charge in [-0.3, -0.25) is 9.59 Å². The number of para-hydroxylation sites is 2. The van der Waals surface area contributed by atoms with Crippen molar-refractivity contribution >= 4 is 68.8 Å². The molecule has 7 heteroatoms. The van der Waals surface area contributed by atoms with Crippen LogP contribution in [0.25, 0.3) is 38.7 Å². The van der Waals surface area contributed by atoms with Crippen molar-refractivity contribution in [2.75, 3.05) is 4.90 Å². The summed E-state index contributed by atoms with van der Waals surface area (Å²) >= 11 is 2.75. The Kier molecular flexibility index (Phi) is 6.44. The third-order valence-electron chi connectivity index (χ3n) is 9.55. The molecule has 5 aromatic carbocycles. The highest BCUT2D eigenvalue weighted by Crippen LogP contribution is 2.52. The van der Waals surface area contributed by atoms with E-state index >= 15 is 0 Å². The second-order valence-corrected chi connectivity index (χ2v) is 14.3. The summed E-state index contributed by atoms with van der Waals surface area (Å²) in [5, 5.41) is 0. The van der Waals surface area contributed by atoms with Gasteiger partial charge in [-0.15, -0.1) is 11.3 Å². The smallest absolute Gasteiger partial charge is 0.197 e. The molecule has 0 saturated carbocycles. The first kappa shape index (κ1) is 28.7. The van der Waals surface area contributed by atoms with Gasteiger partial charge in [-0.25, -0.2) is 0 Å². The summed E-state index contributed by atoms with van der Waals surface area (Å²) < 4.78 is 9.53. The van der Waals surface area contributed by atoms with Crippen LogP contribution < -0.4 is 4.90 Å². The lowest BCUT2D eigenvalue weighted by Gasteiger charge is -2.42. The van der Waals surface area contributed by atoms with Crippen LogP contribution in [0.3, 0.4) is 0 Å². The number of hydrogen-bond donors (Lipinski definition) is 0. The van der Waals surface area contributed by atoms with Crippen molar-refractivity contribution < 1.29 is 9.59 Å². The van der Waals surface area contributed by atoms with Gasteiger partial charge in [0.2, 0.25) is 0 Å². The maximum Gasteiger partial charge on any atom is 0.197 e. The van der Waals surface area contributed by atoms with E-state index in [4.69, 9.17) is 8.75 Å². The van der Waals surface area contributed by atoms with Gasteiger partial charge in [-0.05, 0) is 65.2 Å². The molecular formula is C41H27N3O2S2. The second kappa shape index (κ2) is 10.8. The fourth-order valence-corrected chi connectivity index (χ4v) is 8.70. The molecule has 0 saturated heterocycles. The molecule has 5 nitrogen and oxygen atoms in total. The third kappa shape index (κ3) is 4.28. The number of ketones is 2. The summed E-state index contributed by atoms with van der Waals surface area (Å²) in [5.41, 5.74) is 11.7. The summed E-state index contributed by atoms with van der Waals surface area (Å²) in [6.45, 7) is 4.60. The molecule has 1 aliphatic carbocycles. The van der Waals surface area contributed by atoms with E-state index in [0.29, 0.717) is 11.1 Å². The van der Waals surface area contributed by atoms with E-state index < -0.39 is 0 Å². The zero-order valence-electron chi connectivity index (χ0n) is 26.1. The Morgan fingerprint density at radius 1 is 0.625 bits per heavy atom. The molecule has 0 radical (unpaired) electrons. The lowest BCUT2D eigenvalue weighted by Crippen LogP contribution is -2.30. The largest absolute Gasteiger partial charge is 0.310 e. The number of Topliss-reactive ketones (excluding diaryl/α,β-unsaturated/α-hetero) is 2. The number of allylic oxidation sites excluding steroid dienone is 1. The summed E-state index contributed by atoms with van der Waals surface area (Å²) in [5.74, 6) is -0.436. The van der Waals surface area contributed by atoms with E-state index in [2.05, 4.69) is 104 Å². The summed E-state index contributed by atoms with van der Waals surface area (Å²) in [4.78, 5) is 30.2. The third-order valence-corrected chi connectivity index (χ3v) is 11.1. The topological polar surface area (TPSA) is 63.2 Å². The average molecular weight is 658 g/mol. The van der Waals surface area contributed by atoms with E-state index in [-0.39, 0.29) is 22.6 Å². The summed E-state index contributed by atoms with van der Waals surface area (Å²) in [7, 11) is 0. The molecule has 2 aromatic heterocycles. The Labute approximate surface area is 285 Å². The molecule has 0 spiro atoms. The van der Waals surface area contributed by atoms with Gasteiger partial charge in [0.1, 0.15) is 11.0 Å². The van der Waals surface area contributed by atoms with Gasteiger partial charge in [0, 0.05) is 43.1 Å². The number of aromatic nitrogens is 2. The first-order chi connectivity index (χ1) is 23.4. The van der Waals surface area contributed by atoms with Gasteiger partial charge in [0.15, 0.2) is 11.6 Å². The van der Waals surface area contributed by atoms with Crippen LogP contribution in [0.4, 0.5) is 17.1 Å². The van der Waals surface area contributed by atoms with E-state index in [1.807, 2.05) is 12.1 Å². The van der Waals surface area contributed by atoms with Crippen LogP contribution in [0.15, 0.2) is 127 Å². The average Bonchev–Trinajstić information content (AvgIpc) is 3.85. The highest BCUT2D eigenvalue weighted by molar-refractivity contribution is 7.16. The number of anilines is 3. The molecule has 0 N–H and O–H groups in total. The van der Waals surface area contributed by atoms with Gasteiger partial charge in [0.25, 0.3) is 0 Å². The molecule has 48 heavy (non-hydrogen) atoms. The molecule has 0 fully saturated rings. The van der Waals surface area contributed by atoms with Gasteiger partial charge >= 0.3 is 0 Å². The van der Waals surface area contributed by atoms with Crippen molar-refractivity contribution in [2.24, 2.45) is 0 Å². The molecule has 0 amide bonds. The Bertz CT molecular complexity index is 2450. The molecule has 9 rings (SSSR count). The first-order valence-corrected chi connectivity index (χ1v) is 17.3. The summed E-state index contributed by atoms with van der Waals surface area (Å²) in [6.07, 6.45) is 1.72. The van der Waals surface area contributed by atoms with Gasteiger partial charge in [-0.2, -0.15) is 8.75 Å². The van der Waals surface area contributed by atoms with Crippen LogP contribution in [0.1, 0.15) is 50.6 Å². The lowest BCUT2D eigenvalue weighted by atomic mass is 9.73. The van der Waals surface area contributed by atoms with E-state index in [1.54, 1.807) is 30.3 Å². The molecule has 0 atom stereocenters. The zero-order valence-corrected chi connectivity index (χ0v) is 27.7. The van der Waals surface area contributed by atoms with Crippen molar-refractivity contribution in [3.63, 3.8) is 0 Å². The van der Waals surface area contributed by atoms with Crippen LogP contribution in [-0.4, -0.2) is 20.3 Å². The lowest BCUT2D eigenvalue weighted by molar-refractivity contribution is 0.0990. The monoisotopic (exact) mass is 657 g/mol. The van der Waals surface area contributed by atoms with Gasteiger partial charge < -0.3 is 4.90 Å². The maximum atomic E-state index is 13.0. The van der Waals surface area contributed by atoms with E-state index in [1.165, 1.54) is 45.6 Å². The molecular weight excluding hydrogens is 631 g/mol. The number of rotatable bonds is 4. The predicted molar refractivity (Wildman–Crippen MR) is 196 cm³/mol. The Morgan fingerprint density at radius 3 is 2.04 bits per heavy atom. The Balaban J connectivity index is 1.11. The normalized spacial score (nSPS) is 14.6. The zero-order chi connectivity index (χ0) is 32.6. The molecule has 3 heterocycles. The predicted octanol–water partition coefficient (Wildman–Crippen LogP) is 10.7. The van der Waals surface area contributed by atoms with Crippen LogP contribution in [0.5, 0.6) is 0 Å². The van der Waals surface area contributed by atoms with Gasteiger partial charge in [0.05, 0.1) is 28.7 Å². The highest BCUT2D eigenvalue weighted by atomic mass is 32.1. The van der Waals surface area contributed by atoms with Crippen LogP contribution >= 0.6 is 23.1 Å². The number of carbonyl (C=O) groups is 2. The molecule has 7 aromatic rings. The van der Waals surface area contributed by atoms with Crippen LogP contribution in [0.2, 0.25) is 0 Å². The first-order valence-electron chi connectivity index (χ1n) is 15.8. The standard InChI is InChI=1S/C41H27N3O2S2/c1-41(2)32-14-8-9-15-34(32)44(25-10-4-3-5-11-25)35-20-16-24(22-33(35)41)27-18-19-30(38-37(27)42-48-43-38)36-21-17-26(47-36)23-31-39(45)28-12-6-7-13-29(28)40(31)46/h3-23H,1-2H3. The number of carbonyl (C=O) groups excluding carboxylic acids is 2. The highest BCUT2D eigenvalue weighted by Gasteiger charge is 2.37.